The molecule has 1 aromatic heterocycles. The molecule has 0 bridgehead atoms. The molecule has 1 aromatic carbocycles. The number of alkyl halides is 2. The number of piperidine rings is 1. The molecule has 2 heterocycles. The number of para-hydroxylation sites is 1. The van der Waals surface area contributed by atoms with E-state index in [1.165, 1.54) is 0 Å². The lowest BCUT2D eigenvalue weighted by Crippen LogP contribution is -2.45. The van der Waals surface area contributed by atoms with Crippen LogP contribution in [0.2, 0.25) is 0 Å². The highest BCUT2D eigenvalue weighted by molar-refractivity contribution is 5.76. The number of aryl methyl sites for hydroxylation is 1. The van der Waals surface area contributed by atoms with Crippen molar-refractivity contribution >= 4 is 17.1 Å². The maximum absolute atomic E-state index is 13.2. The summed E-state index contributed by atoms with van der Waals surface area (Å²) in [6.07, 6.45) is 2.45. The van der Waals surface area contributed by atoms with E-state index in [9.17, 15) is 13.6 Å². The molecule has 5 nitrogen and oxygen atoms in total. The summed E-state index contributed by atoms with van der Waals surface area (Å²) in [5.41, 5.74) is 2.80. The van der Waals surface area contributed by atoms with Crippen LogP contribution in [-0.4, -0.2) is 41.5 Å². The summed E-state index contributed by atoms with van der Waals surface area (Å²) in [5.74, 6) is -1.39. The molecule has 2 amide bonds. The van der Waals surface area contributed by atoms with Crippen LogP contribution in [0.1, 0.15) is 55.9 Å². The van der Waals surface area contributed by atoms with Crippen LogP contribution in [0.3, 0.4) is 0 Å². The highest BCUT2D eigenvalue weighted by atomic mass is 19.3. The molecule has 1 aliphatic carbocycles. The predicted octanol–water partition coefficient (Wildman–Crippen LogP) is 4.85. The van der Waals surface area contributed by atoms with Gasteiger partial charge in [-0.3, -0.25) is 0 Å². The molecule has 0 unspecified atom stereocenters. The number of aromatic nitrogens is 1. The zero-order valence-electron chi connectivity index (χ0n) is 16.2. The molecule has 2 fully saturated rings. The van der Waals surface area contributed by atoms with Crippen LogP contribution in [0.4, 0.5) is 13.6 Å². The second-order valence-corrected chi connectivity index (χ2v) is 8.22. The van der Waals surface area contributed by atoms with Crippen LogP contribution in [0, 0.1) is 12.8 Å². The lowest BCUT2D eigenvalue weighted by Gasteiger charge is -2.32. The normalized spacial score (nSPS) is 21.2. The Morgan fingerprint density at radius 2 is 1.96 bits per heavy atom. The van der Waals surface area contributed by atoms with Gasteiger partial charge in [0.1, 0.15) is 5.52 Å². The third kappa shape index (κ3) is 4.13. The number of carbonyl (C=O) groups excluding carboxylic acids is 1. The van der Waals surface area contributed by atoms with Crippen molar-refractivity contribution in [3.05, 3.63) is 29.7 Å². The summed E-state index contributed by atoms with van der Waals surface area (Å²) >= 11 is 0. The Balaban J connectivity index is 1.26. The van der Waals surface area contributed by atoms with Gasteiger partial charge >= 0.3 is 6.03 Å². The first-order valence-electron chi connectivity index (χ1n) is 10.2. The van der Waals surface area contributed by atoms with Crippen LogP contribution in [0.5, 0.6) is 0 Å². The largest absolute Gasteiger partial charge is 0.440 e. The quantitative estimate of drug-likeness (QED) is 0.814. The minimum absolute atomic E-state index is 0.0666. The molecule has 0 radical (unpaired) electrons. The molecule has 2 aliphatic rings. The van der Waals surface area contributed by atoms with Crippen molar-refractivity contribution in [3.8, 4) is 0 Å². The fourth-order valence-electron chi connectivity index (χ4n) is 4.26. The average Bonchev–Trinajstić information content (AvgIpc) is 3.13. The highest BCUT2D eigenvalue weighted by Gasteiger charge is 2.35. The molecule has 0 atom stereocenters. The Morgan fingerprint density at radius 1 is 1.25 bits per heavy atom. The van der Waals surface area contributed by atoms with E-state index < -0.39 is 5.92 Å². The monoisotopic (exact) mass is 391 g/mol. The lowest BCUT2D eigenvalue weighted by molar-refractivity contribution is -0.0452. The second kappa shape index (κ2) is 7.68. The fourth-order valence-corrected chi connectivity index (χ4v) is 4.26. The first kappa shape index (κ1) is 19.2. The number of benzene rings is 1. The van der Waals surface area contributed by atoms with Crippen LogP contribution < -0.4 is 5.32 Å². The Bertz CT molecular complexity index is 833. The van der Waals surface area contributed by atoms with E-state index >= 15 is 0 Å². The van der Waals surface area contributed by atoms with Crippen LogP contribution in [0.15, 0.2) is 22.6 Å². The average molecular weight is 391 g/mol. The second-order valence-electron chi connectivity index (χ2n) is 8.22. The van der Waals surface area contributed by atoms with Gasteiger partial charge in [-0.1, -0.05) is 12.1 Å². The standard InChI is InChI=1S/C21H27F2N3O2/c1-14-3-2-4-17-18(14)28-19(25-17)16-7-11-26(12-8-16)20(27)24-13-15-5-9-21(22,23)10-6-15/h2-4,15-16H,5-13H2,1H3,(H,24,27). The molecular formula is C21H27F2N3O2. The van der Waals surface area contributed by atoms with Gasteiger partial charge in [-0.25, -0.2) is 18.6 Å². The molecule has 1 aliphatic heterocycles. The van der Waals surface area contributed by atoms with Crippen molar-refractivity contribution < 1.29 is 18.0 Å². The van der Waals surface area contributed by atoms with E-state index in [0.29, 0.717) is 32.5 Å². The first-order valence-corrected chi connectivity index (χ1v) is 10.2. The molecule has 152 valence electrons. The minimum atomic E-state index is -2.52. The van der Waals surface area contributed by atoms with Crippen molar-refractivity contribution in [1.29, 1.82) is 0 Å². The smallest absolute Gasteiger partial charge is 0.317 e. The number of urea groups is 1. The number of carbonyl (C=O) groups is 1. The van der Waals surface area contributed by atoms with Crippen molar-refractivity contribution in [2.24, 2.45) is 5.92 Å². The Labute approximate surface area is 163 Å². The van der Waals surface area contributed by atoms with E-state index in [4.69, 9.17) is 4.42 Å². The number of hydrogen-bond donors (Lipinski definition) is 1. The summed E-state index contributed by atoms with van der Waals surface area (Å²) in [7, 11) is 0. The van der Waals surface area contributed by atoms with E-state index in [1.54, 1.807) is 0 Å². The zero-order chi connectivity index (χ0) is 19.7. The maximum Gasteiger partial charge on any atom is 0.317 e. The number of fused-ring (bicyclic) bond motifs is 1. The van der Waals surface area contributed by atoms with E-state index in [1.807, 2.05) is 30.0 Å². The van der Waals surface area contributed by atoms with Crippen molar-refractivity contribution in [2.75, 3.05) is 19.6 Å². The SMILES string of the molecule is Cc1cccc2nc(C3CCN(C(=O)NCC4CCC(F)(F)CC4)CC3)oc12. The number of amides is 2. The summed E-state index contributed by atoms with van der Waals surface area (Å²) in [6, 6.07) is 5.85. The summed E-state index contributed by atoms with van der Waals surface area (Å²) in [4.78, 5) is 18.9. The topological polar surface area (TPSA) is 58.4 Å². The predicted molar refractivity (Wildman–Crippen MR) is 103 cm³/mol. The number of hydrogen-bond acceptors (Lipinski definition) is 3. The number of likely N-dealkylation sites (tertiary alicyclic amines) is 1. The third-order valence-corrected chi connectivity index (χ3v) is 6.14. The molecule has 1 saturated carbocycles. The molecule has 2 aromatic rings. The van der Waals surface area contributed by atoms with Gasteiger partial charge in [-0.2, -0.15) is 0 Å². The van der Waals surface area contributed by atoms with Gasteiger partial charge in [0, 0.05) is 38.4 Å². The summed E-state index contributed by atoms with van der Waals surface area (Å²) in [6.45, 7) is 3.80. The molecule has 7 heteroatoms. The van der Waals surface area contributed by atoms with Crippen molar-refractivity contribution in [3.63, 3.8) is 0 Å². The number of nitrogens with zero attached hydrogens (tertiary/aromatic N) is 2. The van der Waals surface area contributed by atoms with Gasteiger partial charge in [0.25, 0.3) is 0 Å². The molecule has 0 spiro atoms. The minimum Gasteiger partial charge on any atom is -0.440 e. The van der Waals surface area contributed by atoms with E-state index in [0.717, 1.165) is 35.4 Å². The molecule has 1 saturated heterocycles. The fraction of sp³-hybridized carbons (Fsp3) is 0.619. The molecular weight excluding hydrogens is 364 g/mol. The maximum atomic E-state index is 13.2. The van der Waals surface area contributed by atoms with Gasteiger partial charge in [-0.15, -0.1) is 0 Å². The van der Waals surface area contributed by atoms with Crippen LogP contribution in [0.25, 0.3) is 11.1 Å². The third-order valence-electron chi connectivity index (χ3n) is 6.14. The van der Waals surface area contributed by atoms with Crippen molar-refractivity contribution in [1.82, 2.24) is 15.2 Å². The highest BCUT2D eigenvalue weighted by Crippen LogP contribution is 2.36. The number of oxazole rings is 1. The van der Waals surface area contributed by atoms with Crippen molar-refractivity contribution in [2.45, 2.75) is 57.3 Å². The van der Waals surface area contributed by atoms with E-state index in [2.05, 4.69) is 10.3 Å². The van der Waals surface area contributed by atoms with E-state index in [-0.39, 0.29) is 30.7 Å². The molecule has 4 rings (SSSR count). The van der Waals surface area contributed by atoms with Crippen LogP contribution in [-0.2, 0) is 0 Å². The zero-order valence-corrected chi connectivity index (χ0v) is 16.2. The van der Waals surface area contributed by atoms with Crippen LogP contribution >= 0.6 is 0 Å². The number of rotatable bonds is 3. The van der Waals surface area contributed by atoms with Gasteiger partial charge in [0.2, 0.25) is 5.92 Å². The Kier molecular flexibility index (Phi) is 5.25. The van der Waals surface area contributed by atoms with Gasteiger partial charge < -0.3 is 14.6 Å². The molecule has 1 N–H and O–H groups in total. The first-order chi connectivity index (χ1) is 13.4. The van der Waals surface area contributed by atoms with Gasteiger partial charge in [-0.05, 0) is 50.2 Å². The number of nitrogens with one attached hydrogen (secondary N) is 1. The lowest BCUT2D eigenvalue weighted by atomic mass is 9.87. The summed E-state index contributed by atoms with van der Waals surface area (Å²) in [5, 5.41) is 2.94. The number of halogens is 2. The Hall–Kier alpha value is -2.18. The summed E-state index contributed by atoms with van der Waals surface area (Å²) < 4.78 is 32.4. The van der Waals surface area contributed by atoms with Gasteiger partial charge in [0.05, 0.1) is 0 Å². The molecule has 28 heavy (non-hydrogen) atoms. The Morgan fingerprint density at radius 3 is 2.64 bits per heavy atom. The van der Waals surface area contributed by atoms with Gasteiger partial charge in [0.15, 0.2) is 11.5 Å².